The summed E-state index contributed by atoms with van der Waals surface area (Å²) in [7, 11) is 3.34. The van der Waals surface area contributed by atoms with Crippen LogP contribution in [-0.2, 0) is 11.3 Å². The van der Waals surface area contributed by atoms with E-state index in [4.69, 9.17) is 4.42 Å². The molecule has 0 atom stereocenters. The Hall–Kier alpha value is -3.02. The van der Waals surface area contributed by atoms with Gasteiger partial charge in [0.25, 0.3) is 0 Å². The number of nitrogens with one attached hydrogen (secondary N) is 2. The number of furan rings is 1. The average Bonchev–Trinajstić information content (AvgIpc) is 3.04. The van der Waals surface area contributed by atoms with Crippen molar-refractivity contribution in [2.75, 3.05) is 19.4 Å². The molecule has 1 heterocycles. The second-order valence-electron chi connectivity index (χ2n) is 5.09. The first-order valence-electron chi connectivity index (χ1n) is 7.11. The second-order valence-corrected chi connectivity index (χ2v) is 5.09. The van der Waals surface area contributed by atoms with E-state index >= 15 is 0 Å². The van der Waals surface area contributed by atoms with Gasteiger partial charge in [0.2, 0.25) is 5.91 Å². The van der Waals surface area contributed by atoms with Crippen LogP contribution in [-0.4, -0.2) is 30.9 Å². The Balaban J connectivity index is 1.88. The molecule has 0 bridgehead atoms. The van der Waals surface area contributed by atoms with Crippen molar-refractivity contribution in [1.82, 2.24) is 10.2 Å². The molecule has 0 aliphatic rings. The molecule has 0 saturated heterocycles. The molecule has 6 nitrogen and oxygen atoms in total. The third-order valence-corrected chi connectivity index (χ3v) is 2.99. The zero-order chi connectivity index (χ0) is 16.7. The molecule has 0 spiro atoms. The maximum atomic E-state index is 11.7. The van der Waals surface area contributed by atoms with Crippen molar-refractivity contribution < 1.29 is 14.0 Å². The molecule has 0 aliphatic carbocycles. The minimum Gasteiger partial charge on any atom is -0.465 e. The smallest absolute Gasteiger partial charge is 0.321 e. The highest BCUT2D eigenvalue weighted by atomic mass is 16.3. The fourth-order valence-corrected chi connectivity index (χ4v) is 1.79. The van der Waals surface area contributed by atoms with E-state index in [1.54, 1.807) is 44.6 Å². The predicted molar refractivity (Wildman–Crippen MR) is 88.7 cm³/mol. The Morgan fingerprint density at radius 2 is 2.04 bits per heavy atom. The number of carbonyl (C=O) groups excluding carboxylic acids is 2. The quantitative estimate of drug-likeness (QED) is 0.833. The van der Waals surface area contributed by atoms with Gasteiger partial charge >= 0.3 is 6.03 Å². The summed E-state index contributed by atoms with van der Waals surface area (Å²) in [5, 5.41) is 5.54. The lowest BCUT2D eigenvalue weighted by molar-refractivity contribution is -0.116. The van der Waals surface area contributed by atoms with Gasteiger partial charge in [-0.05, 0) is 35.9 Å². The van der Waals surface area contributed by atoms with E-state index in [9.17, 15) is 9.59 Å². The van der Waals surface area contributed by atoms with Crippen molar-refractivity contribution in [3.05, 3.63) is 60.1 Å². The number of rotatable bonds is 5. The molecule has 0 saturated carbocycles. The topological polar surface area (TPSA) is 74.6 Å². The largest absolute Gasteiger partial charge is 0.465 e. The van der Waals surface area contributed by atoms with Gasteiger partial charge in [-0.1, -0.05) is 12.1 Å². The fraction of sp³-hybridized carbons (Fsp3) is 0.176. The number of carbonyl (C=O) groups is 2. The van der Waals surface area contributed by atoms with Gasteiger partial charge in [0.15, 0.2) is 0 Å². The molecular weight excluding hydrogens is 294 g/mol. The van der Waals surface area contributed by atoms with Gasteiger partial charge in [-0.2, -0.15) is 0 Å². The summed E-state index contributed by atoms with van der Waals surface area (Å²) in [5.74, 6) is 0.401. The molecule has 0 unspecified atom stereocenters. The highest BCUT2D eigenvalue weighted by Gasteiger charge is 2.04. The molecule has 2 rings (SSSR count). The summed E-state index contributed by atoms with van der Waals surface area (Å²) >= 11 is 0. The molecule has 0 aliphatic heterocycles. The maximum Gasteiger partial charge on any atom is 0.321 e. The lowest BCUT2D eigenvalue weighted by Gasteiger charge is -2.12. The van der Waals surface area contributed by atoms with Crippen LogP contribution in [0.15, 0.2) is 53.2 Å². The van der Waals surface area contributed by atoms with Gasteiger partial charge in [0.1, 0.15) is 5.76 Å². The first kappa shape index (κ1) is 16.4. The monoisotopic (exact) mass is 313 g/mol. The Kier molecular flexibility index (Phi) is 5.57. The Bertz CT molecular complexity index is 691. The number of amides is 3. The number of nitrogens with zero attached hydrogens (tertiary/aromatic N) is 1. The van der Waals surface area contributed by atoms with Crippen LogP contribution >= 0.6 is 0 Å². The van der Waals surface area contributed by atoms with Crippen molar-refractivity contribution >= 4 is 23.7 Å². The van der Waals surface area contributed by atoms with Crippen molar-refractivity contribution in [2.45, 2.75) is 6.54 Å². The van der Waals surface area contributed by atoms with Crippen molar-refractivity contribution in [2.24, 2.45) is 0 Å². The number of anilines is 1. The molecule has 2 aromatic rings. The van der Waals surface area contributed by atoms with E-state index in [0.29, 0.717) is 18.0 Å². The van der Waals surface area contributed by atoms with Crippen LogP contribution < -0.4 is 10.6 Å². The maximum absolute atomic E-state index is 11.7. The van der Waals surface area contributed by atoms with E-state index in [-0.39, 0.29) is 11.9 Å². The highest BCUT2D eigenvalue weighted by Crippen LogP contribution is 2.11. The van der Waals surface area contributed by atoms with Gasteiger partial charge in [0.05, 0.1) is 6.26 Å². The normalized spacial score (nSPS) is 10.5. The molecule has 6 heteroatoms. The van der Waals surface area contributed by atoms with Crippen molar-refractivity contribution in [3.8, 4) is 0 Å². The molecule has 1 aromatic carbocycles. The predicted octanol–water partition coefficient (Wildman–Crippen LogP) is 2.70. The van der Waals surface area contributed by atoms with E-state index in [2.05, 4.69) is 10.6 Å². The molecular formula is C17H19N3O3. The zero-order valence-electron chi connectivity index (χ0n) is 13.1. The lowest BCUT2D eigenvalue weighted by atomic mass is 10.2. The molecule has 0 radical (unpaired) electrons. The van der Waals surface area contributed by atoms with E-state index < -0.39 is 0 Å². The Labute approximate surface area is 134 Å². The molecule has 1 aromatic heterocycles. The van der Waals surface area contributed by atoms with Crippen LogP contribution in [0.4, 0.5) is 10.5 Å². The van der Waals surface area contributed by atoms with Crippen LogP contribution in [0.5, 0.6) is 0 Å². The Morgan fingerprint density at radius 3 is 2.74 bits per heavy atom. The van der Waals surface area contributed by atoms with Crippen molar-refractivity contribution in [3.63, 3.8) is 0 Å². The fourth-order valence-electron chi connectivity index (χ4n) is 1.79. The molecule has 0 fully saturated rings. The van der Waals surface area contributed by atoms with E-state index in [1.165, 1.54) is 11.0 Å². The number of urea groups is 1. The van der Waals surface area contributed by atoms with Crippen LogP contribution in [0, 0.1) is 0 Å². The summed E-state index contributed by atoms with van der Waals surface area (Å²) in [5.41, 5.74) is 1.57. The third-order valence-electron chi connectivity index (χ3n) is 2.99. The van der Waals surface area contributed by atoms with Gasteiger partial charge < -0.3 is 20.0 Å². The SMILES string of the molecule is CN(C)C(=O)Nc1cccc(CNC(=O)/C=C\c2ccco2)c1. The number of hydrogen-bond acceptors (Lipinski definition) is 3. The van der Waals surface area contributed by atoms with Gasteiger partial charge in [0, 0.05) is 32.4 Å². The number of hydrogen-bond donors (Lipinski definition) is 2. The molecule has 2 N–H and O–H groups in total. The summed E-state index contributed by atoms with van der Waals surface area (Å²) in [6, 6.07) is 10.6. The summed E-state index contributed by atoms with van der Waals surface area (Å²) < 4.78 is 5.11. The van der Waals surface area contributed by atoms with Gasteiger partial charge in [-0.3, -0.25) is 4.79 Å². The van der Waals surface area contributed by atoms with Crippen LogP contribution in [0.2, 0.25) is 0 Å². The summed E-state index contributed by atoms with van der Waals surface area (Å²) in [4.78, 5) is 24.8. The standard InChI is InChI=1S/C17H19N3O3/c1-20(2)17(22)19-14-6-3-5-13(11-14)12-18-16(21)9-8-15-7-4-10-23-15/h3-11H,12H2,1-2H3,(H,18,21)(H,19,22)/b9-8-. The summed E-state index contributed by atoms with van der Waals surface area (Å²) in [6.45, 7) is 0.368. The van der Waals surface area contributed by atoms with Crippen LogP contribution in [0.25, 0.3) is 6.08 Å². The third kappa shape index (κ3) is 5.35. The first-order chi connectivity index (χ1) is 11.0. The zero-order valence-corrected chi connectivity index (χ0v) is 13.1. The lowest BCUT2D eigenvalue weighted by Crippen LogP contribution is -2.27. The molecule has 23 heavy (non-hydrogen) atoms. The van der Waals surface area contributed by atoms with Gasteiger partial charge in [-0.25, -0.2) is 4.79 Å². The van der Waals surface area contributed by atoms with E-state index in [0.717, 1.165) is 5.56 Å². The van der Waals surface area contributed by atoms with Crippen LogP contribution in [0.3, 0.4) is 0 Å². The van der Waals surface area contributed by atoms with E-state index in [1.807, 2.05) is 18.2 Å². The van der Waals surface area contributed by atoms with Gasteiger partial charge in [-0.15, -0.1) is 0 Å². The molecule has 120 valence electrons. The second kappa shape index (κ2) is 7.84. The minimum absolute atomic E-state index is 0.201. The average molecular weight is 313 g/mol. The summed E-state index contributed by atoms with van der Waals surface area (Å²) in [6.07, 6.45) is 4.56. The highest BCUT2D eigenvalue weighted by molar-refractivity contribution is 5.91. The van der Waals surface area contributed by atoms with Crippen molar-refractivity contribution in [1.29, 1.82) is 0 Å². The molecule has 3 amide bonds. The first-order valence-corrected chi connectivity index (χ1v) is 7.11. The van der Waals surface area contributed by atoms with Crippen LogP contribution in [0.1, 0.15) is 11.3 Å². The minimum atomic E-state index is -0.218. The Morgan fingerprint density at radius 1 is 1.22 bits per heavy atom. The number of benzene rings is 1.